The second-order valence-electron chi connectivity index (χ2n) is 8.62. The van der Waals surface area contributed by atoms with E-state index in [0.717, 1.165) is 25.7 Å². The Balaban J connectivity index is 1.81. The smallest absolute Gasteiger partial charge is 0.413 e. The van der Waals surface area contributed by atoms with E-state index in [2.05, 4.69) is 10.6 Å². The Hall–Kier alpha value is -2.20. The third-order valence-corrected chi connectivity index (χ3v) is 6.26. The van der Waals surface area contributed by atoms with Crippen LogP contribution in [0.4, 0.5) is 4.79 Å². The number of alkyl carbamates (subject to hydrolysis) is 1. The molecule has 10 nitrogen and oxygen atoms in total. The first-order valence-electron chi connectivity index (χ1n) is 11.8. The zero-order chi connectivity index (χ0) is 22.9. The summed E-state index contributed by atoms with van der Waals surface area (Å²) in [5.41, 5.74) is 0. The van der Waals surface area contributed by atoms with Crippen LogP contribution in [0.5, 0.6) is 0 Å². The molecule has 32 heavy (non-hydrogen) atoms. The summed E-state index contributed by atoms with van der Waals surface area (Å²) < 4.78 is 15.8. The van der Waals surface area contributed by atoms with E-state index >= 15 is 0 Å². The molecule has 0 aromatic rings. The van der Waals surface area contributed by atoms with Gasteiger partial charge in [-0.3, -0.25) is 14.9 Å². The van der Waals surface area contributed by atoms with Crippen molar-refractivity contribution < 1.29 is 28.6 Å². The fourth-order valence-corrected chi connectivity index (χ4v) is 4.44. The molecule has 180 valence electrons. The number of Topliss-reactive ketones (excluding diaryl/α,β-unsaturated/α-hetero) is 1. The minimum atomic E-state index is -0.724. The second kappa shape index (κ2) is 12.2. The zero-order valence-corrected chi connectivity index (χ0v) is 19.1. The highest BCUT2D eigenvalue weighted by molar-refractivity contribution is 5.97. The molecule has 3 fully saturated rings. The van der Waals surface area contributed by atoms with E-state index in [1.807, 2.05) is 4.90 Å². The molecule has 0 radical (unpaired) electrons. The number of amides is 2. The van der Waals surface area contributed by atoms with Gasteiger partial charge in [-0.2, -0.15) is 0 Å². The lowest BCUT2D eigenvalue weighted by atomic mass is 9.84. The molecule has 0 aromatic heterocycles. The van der Waals surface area contributed by atoms with Gasteiger partial charge < -0.3 is 24.4 Å². The van der Waals surface area contributed by atoms with Crippen LogP contribution < -0.4 is 10.6 Å². The molecule has 10 heteroatoms. The Morgan fingerprint density at radius 1 is 1.22 bits per heavy atom. The van der Waals surface area contributed by atoms with Crippen LogP contribution in [0, 0.1) is 5.92 Å². The molecule has 2 aliphatic heterocycles. The van der Waals surface area contributed by atoms with Crippen LogP contribution in [0.2, 0.25) is 0 Å². The standard InChI is InChI=1S/C22H36N4O6/c1-3-31-22(29)25-21(26-9-11-30-12-10-26)23-17(13-16-7-5-4-6-8-16)20(28)24-19-15(2)32-14-18(19)27/h15-17,19H,3-14H2,1-2H3,(H,24,28)(H,23,25,29)/t15?,17-,19-/m0/s1. The number of ether oxygens (including phenoxy) is 3. The Morgan fingerprint density at radius 2 is 1.94 bits per heavy atom. The molecule has 1 unspecified atom stereocenters. The third-order valence-electron chi connectivity index (χ3n) is 6.26. The fourth-order valence-electron chi connectivity index (χ4n) is 4.44. The number of nitrogens with zero attached hydrogens (tertiary/aromatic N) is 2. The van der Waals surface area contributed by atoms with Crippen LogP contribution in [0.3, 0.4) is 0 Å². The van der Waals surface area contributed by atoms with Crippen molar-refractivity contribution >= 4 is 23.7 Å². The summed E-state index contributed by atoms with van der Waals surface area (Å²) in [7, 11) is 0. The van der Waals surface area contributed by atoms with E-state index in [0.29, 0.717) is 44.6 Å². The van der Waals surface area contributed by atoms with Gasteiger partial charge in [0, 0.05) is 13.1 Å². The van der Waals surface area contributed by atoms with Crippen molar-refractivity contribution in [3.63, 3.8) is 0 Å². The van der Waals surface area contributed by atoms with Gasteiger partial charge in [0.2, 0.25) is 11.9 Å². The monoisotopic (exact) mass is 452 g/mol. The quantitative estimate of drug-likeness (QED) is 0.460. The average molecular weight is 453 g/mol. The van der Waals surface area contributed by atoms with Crippen LogP contribution in [0.15, 0.2) is 4.99 Å². The first-order chi connectivity index (χ1) is 15.5. The van der Waals surface area contributed by atoms with E-state index in [1.165, 1.54) is 6.42 Å². The summed E-state index contributed by atoms with van der Waals surface area (Å²) in [5, 5.41) is 5.56. The van der Waals surface area contributed by atoms with Gasteiger partial charge in [-0.1, -0.05) is 32.1 Å². The molecule has 1 saturated carbocycles. The average Bonchev–Trinajstić information content (AvgIpc) is 3.11. The van der Waals surface area contributed by atoms with Crippen LogP contribution in [0.1, 0.15) is 52.4 Å². The van der Waals surface area contributed by atoms with Gasteiger partial charge in [0.25, 0.3) is 0 Å². The lowest BCUT2D eigenvalue weighted by Gasteiger charge is -2.31. The minimum Gasteiger partial charge on any atom is -0.450 e. The predicted octanol–water partition coefficient (Wildman–Crippen LogP) is 1.23. The number of hydrogen-bond acceptors (Lipinski definition) is 7. The summed E-state index contributed by atoms with van der Waals surface area (Å²) >= 11 is 0. The molecule has 0 bridgehead atoms. The summed E-state index contributed by atoms with van der Waals surface area (Å²) in [5.74, 6) is 0.237. The van der Waals surface area contributed by atoms with Crippen molar-refractivity contribution in [3.8, 4) is 0 Å². The summed E-state index contributed by atoms with van der Waals surface area (Å²) in [4.78, 5) is 44.2. The molecule has 0 spiro atoms. The molecule has 3 atom stereocenters. The maximum absolute atomic E-state index is 13.3. The lowest BCUT2D eigenvalue weighted by Crippen LogP contribution is -2.52. The molecular formula is C22H36N4O6. The Morgan fingerprint density at radius 3 is 2.56 bits per heavy atom. The minimum absolute atomic E-state index is 0.00607. The van der Waals surface area contributed by atoms with Crippen molar-refractivity contribution in [2.75, 3.05) is 39.5 Å². The normalized spacial score (nSPS) is 26.0. The van der Waals surface area contributed by atoms with Gasteiger partial charge in [-0.15, -0.1) is 0 Å². The topological polar surface area (TPSA) is 119 Å². The van der Waals surface area contributed by atoms with Crippen molar-refractivity contribution in [2.45, 2.75) is 70.6 Å². The summed E-state index contributed by atoms with van der Waals surface area (Å²) in [6, 6.07) is -1.39. The van der Waals surface area contributed by atoms with Gasteiger partial charge in [-0.05, 0) is 26.2 Å². The Labute approximate surface area is 189 Å². The van der Waals surface area contributed by atoms with Crippen molar-refractivity contribution in [1.29, 1.82) is 0 Å². The first kappa shape index (κ1) is 24.4. The third kappa shape index (κ3) is 6.90. The maximum Gasteiger partial charge on any atom is 0.413 e. The number of nitrogens with one attached hydrogen (secondary N) is 2. The highest BCUT2D eigenvalue weighted by Crippen LogP contribution is 2.28. The molecule has 2 N–H and O–H groups in total. The maximum atomic E-state index is 13.3. The van der Waals surface area contributed by atoms with E-state index in [4.69, 9.17) is 19.2 Å². The number of rotatable bonds is 6. The second-order valence-corrected chi connectivity index (χ2v) is 8.62. The number of carbonyl (C=O) groups excluding carboxylic acids is 3. The van der Waals surface area contributed by atoms with Crippen LogP contribution in [-0.2, 0) is 23.8 Å². The summed E-state index contributed by atoms with van der Waals surface area (Å²) in [6.45, 7) is 5.86. The van der Waals surface area contributed by atoms with Crippen LogP contribution >= 0.6 is 0 Å². The van der Waals surface area contributed by atoms with Crippen molar-refractivity contribution in [3.05, 3.63) is 0 Å². The van der Waals surface area contributed by atoms with Gasteiger partial charge >= 0.3 is 6.09 Å². The highest BCUT2D eigenvalue weighted by Gasteiger charge is 2.36. The van der Waals surface area contributed by atoms with E-state index in [1.54, 1.807) is 13.8 Å². The van der Waals surface area contributed by atoms with E-state index < -0.39 is 18.2 Å². The number of guanidine groups is 1. The number of morpholine rings is 1. The van der Waals surface area contributed by atoms with Gasteiger partial charge in [0.1, 0.15) is 18.7 Å². The van der Waals surface area contributed by atoms with Gasteiger partial charge in [0.05, 0.1) is 25.9 Å². The largest absolute Gasteiger partial charge is 0.450 e. The number of aliphatic imine (C=N–C) groups is 1. The Kier molecular flexibility index (Phi) is 9.28. The van der Waals surface area contributed by atoms with Crippen LogP contribution in [-0.4, -0.2) is 86.3 Å². The lowest BCUT2D eigenvalue weighted by molar-refractivity contribution is -0.127. The fraction of sp³-hybridized carbons (Fsp3) is 0.818. The molecule has 0 aromatic carbocycles. The Bertz CT molecular complexity index is 688. The zero-order valence-electron chi connectivity index (χ0n) is 19.1. The van der Waals surface area contributed by atoms with Crippen molar-refractivity contribution in [2.24, 2.45) is 10.9 Å². The first-order valence-corrected chi connectivity index (χ1v) is 11.8. The highest BCUT2D eigenvalue weighted by atomic mass is 16.5. The van der Waals surface area contributed by atoms with Gasteiger partial charge in [0.15, 0.2) is 5.78 Å². The van der Waals surface area contributed by atoms with E-state index in [9.17, 15) is 14.4 Å². The number of ketones is 1. The van der Waals surface area contributed by atoms with Gasteiger partial charge in [-0.25, -0.2) is 9.79 Å². The number of carbonyl (C=O) groups is 3. The molecule has 2 saturated heterocycles. The molecular weight excluding hydrogens is 416 g/mol. The molecule has 3 rings (SSSR count). The molecule has 1 aliphatic carbocycles. The molecule has 2 amide bonds. The summed E-state index contributed by atoms with van der Waals surface area (Å²) in [6.07, 6.45) is 5.20. The van der Waals surface area contributed by atoms with Crippen molar-refractivity contribution in [1.82, 2.24) is 15.5 Å². The van der Waals surface area contributed by atoms with E-state index in [-0.39, 0.29) is 31.0 Å². The molecule has 3 aliphatic rings. The SMILES string of the molecule is CCOC(=O)NC(=N[C@@H](CC1CCCCC1)C(=O)N[C@@H]1C(=O)COC1C)N1CCOCC1. The predicted molar refractivity (Wildman–Crippen MR) is 117 cm³/mol. The number of hydrogen-bond donors (Lipinski definition) is 2. The molecule has 2 heterocycles. The van der Waals surface area contributed by atoms with Crippen LogP contribution in [0.25, 0.3) is 0 Å².